The van der Waals surface area contributed by atoms with Crippen LogP contribution in [-0.2, 0) is 6.54 Å². The van der Waals surface area contributed by atoms with Crippen molar-refractivity contribution in [2.45, 2.75) is 33.5 Å². The fourth-order valence-corrected chi connectivity index (χ4v) is 3.02. The molecule has 0 aliphatic carbocycles. The van der Waals surface area contributed by atoms with Gasteiger partial charge in [0.15, 0.2) is 5.78 Å². The van der Waals surface area contributed by atoms with Crippen LogP contribution in [0.3, 0.4) is 0 Å². The molecule has 0 bridgehead atoms. The number of ketones is 1. The Balaban J connectivity index is 2.17. The summed E-state index contributed by atoms with van der Waals surface area (Å²) < 4.78 is 0. The lowest BCUT2D eigenvalue weighted by Crippen LogP contribution is -2.47. The molecule has 0 aromatic heterocycles. The summed E-state index contributed by atoms with van der Waals surface area (Å²) in [6.07, 6.45) is 0.216. The Morgan fingerprint density at radius 1 is 0.875 bits per heavy atom. The van der Waals surface area contributed by atoms with Gasteiger partial charge in [0.05, 0.1) is 12.7 Å². The standard InChI is InChI=1S/C21H28N2O/c1-4-22(5-2)18(3)23(16-19-12-8-6-9-13-19)17-21(24)20-14-10-7-11-15-20/h6-15,18H,4-5,16-17H2,1-3H3. The van der Waals surface area contributed by atoms with Crippen molar-refractivity contribution in [3.63, 3.8) is 0 Å². The maximum absolute atomic E-state index is 12.7. The highest BCUT2D eigenvalue weighted by Gasteiger charge is 2.22. The summed E-state index contributed by atoms with van der Waals surface area (Å²) in [6.45, 7) is 9.67. The van der Waals surface area contributed by atoms with Gasteiger partial charge in [-0.05, 0) is 25.6 Å². The van der Waals surface area contributed by atoms with Crippen molar-refractivity contribution < 1.29 is 4.79 Å². The molecule has 0 aliphatic rings. The van der Waals surface area contributed by atoms with Crippen LogP contribution in [0.25, 0.3) is 0 Å². The van der Waals surface area contributed by atoms with Crippen LogP contribution in [0.4, 0.5) is 0 Å². The molecule has 0 saturated carbocycles. The fourth-order valence-electron chi connectivity index (χ4n) is 3.02. The lowest BCUT2D eigenvalue weighted by molar-refractivity contribution is 0.0504. The van der Waals surface area contributed by atoms with Crippen molar-refractivity contribution in [2.75, 3.05) is 19.6 Å². The van der Waals surface area contributed by atoms with Crippen LogP contribution >= 0.6 is 0 Å². The molecule has 2 aromatic rings. The summed E-state index contributed by atoms with van der Waals surface area (Å²) >= 11 is 0. The third-order valence-corrected chi connectivity index (χ3v) is 4.54. The number of carbonyl (C=O) groups is 1. The first kappa shape index (κ1) is 18.4. The first-order valence-corrected chi connectivity index (χ1v) is 8.76. The van der Waals surface area contributed by atoms with Gasteiger partial charge in [-0.15, -0.1) is 0 Å². The molecule has 0 amide bonds. The van der Waals surface area contributed by atoms with Gasteiger partial charge in [0.2, 0.25) is 0 Å². The Bertz CT molecular complexity index is 608. The zero-order valence-corrected chi connectivity index (χ0v) is 15.0. The van der Waals surface area contributed by atoms with Crippen molar-refractivity contribution in [3.05, 3.63) is 71.8 Å². The van der Waals surface area contributed by atoms with E-state index < -0.39 is 0 Å². The Kier molecular flexibility index (Phi) is 7.16. The molecule has 128 valence electrons. The molecule has 24 heavy (non-hydrogen) atoms. The minimum absolute atomic E-state index is 0.172. The van der Waals surface area contributed by atoms with E-state index >= 15 is 0 Å². The van der Waals surface area contributed by atoms with Gasteiger partial charge >= 0.3 is 0 Å². The van der Waals surface area contributed by atoms with E-state index in [0.717, 1.165) is 25.2 Å². The second-order valence-electron chi connectivity index (χ2n) is 6.03. The van der Waals surface area contributed by atoms with Crippen molar-refractivity contribution in [2.24, 2.45) is 0 Å². The fraction of sp³-hybridized carbons (Fsp3) is 0.381. The molecule has 1 unspecified atom stereocenters. The molecule has 2 aromatic carbocycles. The Morgan fingerprint density at radius 2 is 1.42 bits per heavy atom. The average Bonchev–Trinajstić information content (AvgIpc) is 2.63. The predicted octanol–water partition coefficient (Wildman–Crippen LogP) is 4.06. The van der Waals surface area contributed by atoms with Crippen molar-refractivity contribution >= 4 is 5.78 Å². The monoisotopic (exact) mass is 324 g/mol. The number of rotatable bonds is 9. The molecule has 0 saturated heterocycles. The summed E-state index contributed by atoms with van der Waals surface area (Å²) in [7, 11) is 0. The lowest BCUT2D eigenvalue weighted by Gasteiger charge is -2.36. The van der Waals surface area contributed by atoms with Gasteiger partial charge in [0.1, 0.15) is 0 Å². The van der Waals surface area contributed by atoms with E-state index in [1.807, 2.05) is 36.4 Å². The van der Waals surface area contributed by atoms with Crippen molar-refractivity contribution in [3.8, 4) is 0 Å². The molecule has 0 aliphatic heterocycles. The molecular formula is C21H28N2O. The first-order chi connectivity index (χ1) is 11.7. The summed E-state index contributed by atoms with van der Waals surface area (Å²) in [4.78, 5) is 17.3. The SMILES string of the molecule is CCN(CC)C(C)N(CC(=O)c1ccccc1)Cc1ccccc1. The van der Waals surface area contributed by atoms with Gasteiger partial charge in [0, 0.05) is 12.1 Å². The van der Waals surface area contributed by atoms with Crippen LogP contribution in [-0.4, -0.2) is 41.4 Å². The Morgan fingerprint density at radius 3 is 1.96 bits per heavy atom. The number of hydrogen-bond donors (Lipinski definition) is 0. The van der Waals surface area contributed by atoms with Gasteiger partial charge in [-0.1, -0.05) is 74.5 Å². The zero-order chi connectivity index (χ0) is 17.4. The van der Waals surface area contributed by atoms with Gasteiger partial charge in [0.25, 0.3) is 0 Å². The van der Waals surface area contributed by atoms with E-state index in [2.05, 4.69) is 54.8 Å². The van der Waals surface area contributed by atoms with Crippen LogP contribution in [0.2, 0.25) is 0 Å². The van der Waals surface area contributed by atoms with Crippen molar-refractivity contribution in [1.82, 2.24) is 9.80 Å². The first-order valence-electron chi connectivity index (χ1n) is 8.76. The van der Waals surface area contributed by atoms with Gasteiger partial charge in [-0.2, -0.15) is 0 Å². The molecule has 3 heteroatoms. The molecule has 0 radical (unpaired) electrons. The Hall–Kier alpha value is -1.97. The molecule has 0 heterocycles. The molecule has 0 spiro atoms. The van der Waals surface area contributed by atoms with Gasteiger partial charge in [-0.3, -0.25) is 14.6 Å². The second kappa shape index (κ2) is 9.36. The maximum atomic E-state index is 12.7. The van der Waals surface area contributed by atoms with Gasteiger partial charge < -0.3 is 0 Å². The zero-order valence-electron chi connectivity index (χ0n) is 15.0. The highest BCUT2D eigenvalue weighted by molar-refractivity contribution is 5.97. The van der Waals surface area contributed by atoms with Crippen molar-refractivity contribution in [1.29, 1.82) is 0 Å². The smallest absolute Gasteiger partial charge is 0.176 e. The van der Waals surface area contributed by atoms with Crippen LogP contribution in [0.15, 0.2) is 60.7 Å². The van der Waals surface area contributed by atoms with E-state index in [-0.39, 0.29) is 11.9 Å². The number of hydrogen-bond acceptors (Lipinski definition) is 3. The topological polar surface area (TPSA) is 23.6 Å². The molecule has 3 nitrogen and oxygen atoms in total. The van der Waals surface area contributed by atoms with E-state index in [0.29, 0.717) is 6.54 Å². The molecular weight excluding hydrogens is 296 g/mol. The second-order valence-corrected chi connectivity index (χ2v) is 6.03. The minimum Gasteiger partial charge on any atom is -0.293 e. The number of nitrogens with zero attached hydrogens (tertiary/aromatic N) is 2. The van der Waals surface area contributed by atoms with E-state index in [9.17, 15) is 4.79 Å². The molecule has 0 N–H and O–H groups in total. The Labute approximate surface area is 145 Å². The third-order valence-electron chi connectivity index (χ3n) is 4.54. The van der Waals surface area contributed by atoms with E-state index in [1.165, 1.54) is 5.56 Å². The third kappa shape index (κ3) is 5.02. The highest BCUT2D eigenvalue weighted by atomic mass is 16.1. The molecule has 2 rings (SSSR count). The lowest BCUT2D eigenvalue weighted by atomic mass is 10.1. The quantitative estimate of drug-likeness (QED) is 0.513. The van der Waals surface area contributed by atoms with Crippen LogP contribution < -0.4 is 0 Å². The number of Topliss-reactive ketones (excluding diaryl/α,β-unsaturated/α-hetero) is 1. The van der Waals surface area contributed by atoms with Crippen LogP contribution in [0.5, 0.6) is 0 Å². The van der Waals surface area contributed by atoms with Gasteiger partial charge in [-0.25, -0.2) is 0 Å². The van der Waals surface area contributed by atoms with Crippen LogP contribution in [0, 0.1) is 0 Å². The number of carbonyl (C=O) groups excluding carboxylic acids is 1. The summed E-state index contributed by atoms with van der Waals surface area (Å²) in [5.74, 6) is 0.172. The molecule has 0 fully saturated rings. The van der Waals surface area contributed by atoms with Crippen LogP contribution in [0.1, 0.15) is 36.7 Å². The summed E-state index contributed by atoms with van der Waals surface area (Å²) in [5.41, 5.74) is 2.01. The minimum atomic E-state index is 0.172. The van der Waals surface area contributed by atoms with E-state index in [4.69, 9.17) is 0 Å². The number of benzene rings is 2. The molecule has 1 atom stereocenters. The summed E-state index contributed by atoms with van der Waals surface area (Å²) in [5, 5.41) is 0. The predicted molar refractivity (Wildman–Crippen MR) is 100 cm³/mol. The largest absolute Gasteiger partial charge is 0.293 e. The highest BCUT2D eigenvalue weighted by Crippen LogP contribution is 2.13. The summed E-state index contributed by atoms with van der Waals surface area (Å²) in [6, 6.07) is 19.9. The van der Waals surface area contributed by atoms with E-state index in [1.54, 1.807) is 0 Å². The maximum Gasteiger partial charge on any atom is 0.176 e. The average molecular weight is 324 g/mol. The normalized spacial score (nSPS) is 12.5.